The van der Waals surface area contributed by atoms with Crippen LogP contribution in [0, 0.1) is 5.82 Å². The summed E-state index contributed by atoms with van der Waals surface area (Å²) in [6.45, 7) is 2.37. The molecule has 3 aromatic rings. The van der Waals surface area contributed by atoms with Crippen LogP contribution in [-0.4, -0.2) is 34.5 Å². The fourth-order valence-electron chi connectivity index (χ4n) is 3.14. The number of carbonyl (C=O) groups excluding carboxylic acids is 2. The van der Waals surface area contributed by atoms with Gasteiger partial charge in [0.2, 0.25) is 0 Å². The number of benzene rings is 2. The van der Waals surface area contributed by atoms with Crippen LogP contribution in [0.15, 0.2) is 57.7 Å². The van der Waals surface area contributed by atoms with E-state index in [2.05, 4.69) is 0 Å². The smallest absolute Gasteiger partial charge is 0.419 e. The van der Waals surface area contributed by atoms with Crippen molar-refractivity contribution >= 4 is 23.0 Å². The monoisotopic (exact) mass is 414 g/mol. The highest BCUT2D eigenvalue weighted by atomic mass is 19.1. The number of para-hydroxylation sites is 2. The van der Waals surface area contributed by atoms with Gasteiger partial charge in [0.15, 0.2) is 12.2 Å². The highest BCUT2D eigenvalue weighted by Gasteiger charge is 2.15. The fraction of sp³-hybridized carbons (Fsp3) is 0.318. The first-order chi connectivity index (χ1) is 14.5. The molecule has 2 aromatic carbocycles. The molecule has 1 heterocycles. The molecule has 158 valence electrons. The first kappa shape index (κ1) is 21.3. The summed E-state index contributed by atoms with van der Waals surface area (Å²) < 4.78 is 25.0. The number of rotatable bonds is 9. The number of likely N-dealkylation sites (N-methyl/N-ethyl adjacent to an activating group) is 1. The molecule has 0 atom stereocenters. The van der Waals surface area contributed by atoms with Crippen molar-refractivity contribution in [3.05, 3.63) is 70.5 Å². The molecule has 30 heavy (non-hydrogen) atoms. The minimum Gasteiger partial charge on any atom is -0.456 e. The van der Waals surface area contributed by atoms with Gasteiger partial charge in [-0.1, -0.05) is 24.3 Å². The summed E-state index contributed by atoms with van der Waals surface area (Å²) >= 11 is 0. The van der Waals surface area contributed by atoms with Crippen LogP contribution in [0.2, 0.25) is 0 Å². The van der Waals surface area contributed by atoms with Crippen molar-refractivity contribution in [1.29, 1.82) is 0 Å². The molecule has 0 bridgehead atoms. The predicted octanol–water partition coefficient (Wildman–Crippen LogP) is 3.11. The number of oxazole rings is 1. The molecule has 8 heteroatoms. The Balaban J connectivity index is 1.46. The molecular formula is C22H23FN2O5. The number of halogens is 1. The van der Waals surface area contributed by atoms with Crippen LogP contribution in [0.25, 0.3) is 11.1 Å². The Kier molecular flexibility index (Phi) is 7.00. The van der Waals surface area contributed by atoms with Gasteiger partial charge in [-0.15, -0.1) is 0 Å². The van der Waals surface area contributed by atoms with Gasteiger partial charge in [-0.05, 0) is 43.2 Å². The van der Waals surface area contributed by atoms with Gasteiger partial charge in [0.1, 0.15) is 5.82 Å². The molecule has 0 N–H and O–H groups in total. The first-order valence-electron chi connectivity index (χ1n) is 9.74. The van der Waals surface area contributed by atoms with E-state index in [-0.39, 0.29) is 31.3 Å². The van der Waals surface area contributed by atoms with Crippen molar-refractivity contribution in [2.45, 2.75) is 32.9 Å². The zero-order chi connectivity index (χ0) is 21.5. The number of hydrogen-bond donors (Lipinski definition) is 0. The summed E-state index contributed by atoms with van der Waals surface area (Å²) in [5.41, 5.74) is 1.82. The normalized spacial score (nSPS) is 10.9. The molecule has 0 saturated heterocycles. The summed E-state index contributed by atoms with van der Waals surface area (Å²) in [6, 6.07) is 13.1. The Labute approximate surface area is 172 Å². The summed E-state index contributed by atoms with van der Waals surface area (Å²) in [5.74, 6) is -1.72. The van der Waals surface area contributed by atoms with E-state index in [0.717, 1.165) is 0 Å². The lowest BCUT2D eigenvalue weighted by Gasteiger charge is -2.21. The summed E-state index contributed by atoms with van der Waals surface area (Å²) in [7, 11) is 0. The molecule has 0 aliphatic carbocycles. The van der Waals surface area contributed by atoms with Crippen molar-refractivity contribution in [2.75, 3.05) is 13.2 Å². The Morgan fingerprint density at radius 3 is 2.73 bits per heavy atom. The number of ether oxygens (including phenoxy) is 1. The van der Waals surface area contributed by atoms with Gasteiger partial charge >= 0.3 is 11.7 Å². The number of hydrogen-bond acceptors (Lipinski definition) is 5. The molecule has 0 fully saturated rings. The Hall–Kier alpha value is -3.42. The number of aryl methyl sites for hydroxylation is 1. The maximum Gasteiger partial charge on any atom is 0.419 e. The number of amides is 1. The zero-order valence-corrected chi connectivity index (χ0v) is 16.7. The molecule has 0 spiro atoms. The SMILES string of the molecule is CCN(Cc1cccc(F)c1)C(=O)COC(=O)CCCn1c(=O)oc2ccccc21. The van der Waals surface area contributed by atoms with Crippen molar-refractivity contribution < 1.29 is 23.1 Å². The van der Waals surface area contributed by atoms with Gasteiger partial charge in [0, 0.05) is 26.1 Å². The van der Waals surface area contributed by atoms with Crippen molar-refractivity contribution in [3.63, 3.8) is 0 Å². The molecule has 0 aliphatic rings. The van der Waals surface area contributed by atoms with Crippen LogP contribution >= 0.6 is 0 Å². The van der Waals surface area contributed by atoms with Gasteiger partial charge in [-0.25, -0.2) is 9.18 Å². The number of carbonyl (C=O) groups is 2. The standard InChI is InChI=1S/C22H23FN2O5/c1-2-24(14-16-7-5-8-17(23)13-16)20(26)15-29-21(27)11-6-12-25-18-9-3-4-10-19(18)30-22(25)28/h3-5,7-10,13H,2,6,11-12,14-15H2,1H3. The van der Waals surface area contributed by atoms with Crippen LogP contribution in [0.1, 0.15) is 25.3 Å². The van der Waals surface area contributed by atoms with Crippen molar-refractivity contribution in [3.8, 4) is 0 Å². The van der Waals surface area contributed by atoms with Gasteiger partial charge in [-0.3, -0.25) is 14.2 Å². The van der Waals surface area contributed by atoms with E-state index in [9.17, 15) is 18.8 Å². The summed E-state index contributed by atoms with van der Waals surface area (Å²) in [4.78, 5) is 37.7. The number of fused-ring (bicyclic) bond motifs is 1. The summed E-state index contributed by atoms with van der Waals surface area (Å²) in [6.07, 6.45) is 0.437. The third kappa shape index (κ3) is 5.34. The predicted molar refractivity (Wildman–Crippen MR) is 108 cm³/mol. The van der Waals surface area contributed by atoms with E-state index in [1.807, 2.05) is 0 Å². The van der Waals surface area contributed by atoms with Crippen molar-refractivity contribution in [1.82, 2.24) is 9.47 Å². The van der Waals surface area contributed by atoms with Crippen LogP contribution < -0.4 is 5.76 Å². The van der Waals surface area contributed by atoms with E-state index in [1.54, 1.807) is 43.3 Å². The summed E-state index contributed by atoms with van der Waals surface area (Å²) in [5, 5.41) is 0. The number of esters is 1. The third-order valence-corrected chi connectivity index (χ3v) is 4.69. The highest BCUT2D eigenvalue weighted by molar-refractivity contribution is 5.80. The van der Waals surface area contributed by atoms with Crippen molar-refractivity contribution in [2.24, 2.45) is 0 Å². The first-order valence-corrected chi connectivity index (χ1v) is 9.74. The largest absolute Gasteiger partial charge is 0.456 e. The number of aromatic nitrogens is 1. The molecule has 0 unspecified atom stereocenters. The second kappa shape index (κ2) is 9.87. The van der Waals surface area contributed by atoms with Gasteiger partial charge < -0.3 is 14.1 Å². The second-order valence-electron chi connectivity index (χ2n) is 6.79. The Morgan fingerprint density at radius 2 is 1.97 bits per heavy atom. The third-order valence-electron chi connectivity index (χ3n) is 4.69. The molecule has 1 aromatic heterocycles. The number of nitrogens with zero attached hydrogens (tertiary/aromatic N) is 2. The Morgan fingerprint density at radius 1 is 1.17 bits per heavy atom. The van der Waals surface area contributed by atoms with Crippen LogP contribution in [0.5, 0.6) is 0 Å². The average Bonchev–Trinajstić information content (AvgIpc) is 3.05. The average molecular weight is 414 g/mol. The molecule has 0 saturated carbocycles. The lowest BCUT2D eigenvalue weighted by Crippen LogP contribution is -2.34. The molecule has 0 aliphatic heterocycles. The van der Waals surface area contributed by atoms with E-state index in [4.69, 9.17) is 9.15 Å². The lowest BCUT2D eigenvalue weighted by atomic mass is 10.2. The van der Waals surface area contributed by atoms with E-state index in [1.165, 1.54) is 21.6 Å². The molecule has 7 nitrogen and oxygen atoms in total. The van der Waals surface area contributed by atoms with Crippen LogP contribution in [0.3, 0.4) is 0 Å². The maximum atomic E-state index is 13.3. The van der Waals surface area contributed by atoms with Crippen LogP contribution in [-0.2, 0) is 27.4 Å². The Bertz CT molecular complexity index is 1090. The van der Waals surface area contributed by atoms with Gasteiger partial charge in [0.05, 0.1) is 5.52 Å². The topological polar surface area (TPSA) is 81.8 Å². The van der Waals surface area contributed by atoms with Gasteiger partial charge in [0.25, 0.3) is 5.91 Å². The lowest BCUT2D eigenvalue weighted by molar-refractivity contribution is -0.152. The molecule has 0 radical (unpaired) electrons. The van der Waals surface area contributed by atoms with E-state index in [0.29, 0.717) is 36.2 Å². The molecular weight excluding hydrogens is 391 g/mol. The minimum atomic E-state index is -0.522. The fourth-order valence-corrected chi connectivity index (χ4v) is 3.14. The zero-order valence-electron chi connectivity index (χ0n) is 16.7. The quantitative estimate of drug-likeness (QED) is 0.503. The van der Waals surface area contributed by atoms with Gasteiger partial charge in [-0.2, -0.15) is 0 Å². The second-order valence-corrected chi connectivity index (χ2v) is 6.79. The molecule has 3 rings (SSSR count). The maximum absolute atomic E-state index is 13.3. The van der Waals surface area contributed by atoms with Crippen LogP contribution in [0.4, 0.5) is 4.39 Å². The van der Waals surface area contributed by atoms with E-state index >= 15 is 0 Å². The molecule has 1 amide bonds. The van der Waals surface area contributed by atoms with E-state index < -0.39 is 11.7 Å². The highest BCUT2D eigenvalue weighted by Crippen LogP contribution is 2.13. The minimum absolute atomic E-state index is 0.0647.